The summed E-state index contributed by atoms with van der Waals surface area (Å²) in [6.07, 6.45) is 4.28. The molecule has 0 radical (unpaired) electrons. The number of benzene rings is 3. The summed E-state index contributed by atoms with van der Waals surface area (Å²) in [7, 11) is 0. The Bertz CT molecular complexity index is 1070. The first kappa shape index (κ1) is 26.0. The molecule has 0 spiro atoms. The van der Waals surface area contributed by atoms with E-state index in [1.807, 2.05) is 24.3 Å². The van der Waals surface area contributed by atoms with Crippen LogP contribution >= 0.6 is 0 Å². The van der Waals surface area contributed by atoms with Crippen LogP contribution < -0.4 is 9.47 Å². The van der Waals surface area contributed by atoms with Crippen LogP contribution in [0.4, 0.5) is 0 Å². The van der Waals surface area contributed by atoms with Gasteiger partial charge in [0.1, 0.15) is 11.5 Å². The number of hydrogen-bond acceptors (Lipinski definition) is 5. The van der Waals surface area contributed by atoms with Crippen molar-refractivity contribution >= 4 is 11.9 Å². The summed E-state index contributed by atoms with van der Waals surface area (Å²) in [6, 6.07) is 21.6. The molecule has 3 aromatic rings. The van der Waals surface area contributed by atoms with Crippen molar-refractivity contribution in [1.29, 1.82) is 0 Å². The molecule has 1 atom stereocenters. The van der Waals surface area contributed by atoms with Gasteiger partial charge < -0.3 is 14.2 Å². The number of carbonyl (C=O) groups excluding carboxylic acids is 2. The van der Waals surface area contributed by atoms with E-state index < -0.39 is 5.97 Å². The lowest BCUT2D eigenvalue weighted by Crippen LogP contribution is -2.11. The van der Waals surface area contributed by atoms with Gasteiger partial charge in [-0.3, -0.25) is 0 Å². The van der Waals surface area contributed by atoms with Crippen molar-refractivity contribution in [3.8, 4) is 22.6 Å². The van der Waals surface area contributed by atoms with E-state index in [0.29, 0.717) is 36.0 Å². The first-order chi connectivity index (χ1) is 17.0. The maximum atomic E-state index is 12.5. The molecule has 0 heterocycles. The molecule has 5 nitrogen and oxygen atoms in total. The third-order valence-electron chi connectivity index (χ3n) is 5.82. The fourth-order valence-electron chi connectivity index (χ4n) is 3.33. The Morgan fingerprint density at radius 3 is 1.86 bits per heavy atom. The first-order valence-electron chi connectivity index (χ1n) is 12.3. The van der Waals surface area contributed by atoms with Gasteiger partial charge in [-0.15, -0.1) is 0 Å². The van der Waals surface area contributed by atoms with Gasteiger partial charge in [0.15, 0.2) is 0 Å². The predicted molar refractivity (Wildman–Crippen MR) is 138 cm³/mol. The number of ether oxygens (including phenoxy) is 3. The first-order valence-corrected chi connectivity index (χ1v) is 12.3. The highest BCUT2D eigenvalue weighted by molar-refractivity contribution is 5.91. The van der Waals surface area contributed by atoms with Crippen molar-refractivity contribution in [1.82, 2.24) is 0 Å². The fourth-order valence-corrected chi connectivity index (χ4v) is 3.33. The summed E-state index contributed by atoms with van der Waals surface area (Å²) in [5.74, 6) is 0.825. The molecule has 3 aromatic carbocycles. The van der Waals surface area contributed by atoms with Gasteiger partial charge in [0.25, 0.3) is 0 Å². The topological polar surface area (TPSA) is 61.8 Å². The molecule has 0 saturated heterocycles. The van der Waals surface area contributed by atoms with Crippen LogP contribution in [0.25, 0.3) is 11.1 Å². The van der Waals surface area contributed by atoms with E-state index in [9.17, 15) is 9.59 Å². The highest BCUT2D eigenvalue weighted by atomic mass is 16.5. The van der Waals surface area contributed by atoms with Gasteiger partial charge in [-0.2, -0.15) is 0 Å². The molecule has 0 amide bonds. The number of hydrogen-bond donors (Lipinski definition) is 0. The summed E-state index contributed by atoms with van der Waals surface area (Å²) in [4.78, 5) is 24.7. The van der Waals surface area contributed by atoms with Gasteiger partial charge >= 0.3 is 11.9 Å². The van der Waals surface area contributed by atoms with Crippen molar-refractivity contribution in [2.24, 2.45) is 5.92 Å². The number of rotatable bonds is 12. The molecule has 1 unspecified atom stereocenters. The average molecular weight is 475 g/mol. The van der Waals surface area contributed by atoms with Gasteiger partial charge in [-0.05, 0) is 72.0 Å². The van der Waals surface area contributed by atoms with Crippen molar-refractivity contribution in [3.63, 3.8) is 0 Å². The van der Waals surface area contributed by atoms with Gasteiger partial charge in [0.2, 0.25) is 0 Å². The number of carbonyl (C=O) groups is 2. The standard InChI is InChI=1S/C30H34O5/c1-4-6-7-20-33-27-16-14-26(15-17-27)30(32)35-28-18-12-24(13-19-28)23-8-10-25(11-9-23)29(31)34-21-22(3)5-2/h8-19,22H,4-7,20-21H2,1-3H3. The SMILES string of the molecule is CCCCCOc1ccc(C(=O)Oc2ccc(-c3ccc(C(=O)OCC(C)CC)cc3)cc2)cc1. The highest BCUT2D eigenvalue weighted by Gasteiger charge is 2.11. The molecule has 35 heavy (non-hydrogen) atoms. The van der Waals surface area contributed by atoms with Crippen molar-refractivity contribution < 1.29 is 23.8 Å². The lowest BCUT2D eigenvalue weighted by atomic mass is 10.0. The largest absolute Gasteiger partial charge is 0.494 e. The minimum Gasteiger partial charge on any atom is -0.494 e. The zero-order valence-corrected chi connectivity index (χ0v) is 20.8. The summed E-state index contributed by atoms with van der Waals surface area (Å²) < 4.78 is 16.5. The van der Waals surface area contributed by atoms with Gasteiger partial charge in [-0.25, -0.2) is 9.59 Å². The summed E-state index contributed by atoms with van der Waals surface area (Å²) in [5, 5.41) is 0. The molecule has 184 valence electrons. The van der Waals surface area contributed by atoms with Gasteiger partial charge in [-0.1, -0.05) is 64.3 Å². The van der Waals surface area contributed by atoms with Crippen LogP contribution in [0.2, 0.25) is 0 Å². The van der Waals surface area contributed by atoms with Gasteiger partial charge in [0, 0.05) is 0 Å². The molecule has 0 fully saturated rings. The Labute approximate surface area is 208 Å². The lowest BCUT2D eigenvalue weighted by molar-refractivity contribution is 0.0447. The molecule has 0 aliphatic rings. The third kappa shape index (κ3) is 7.99. The second-order valence-electron chi connectivity index (χ2n) is 8.68. The van der Waals surface area contributed by atoms with E-state index in [2.05, 4.69) is 20.8 Å². The second kappa shape index (κ2) is 13.3. The van der Waals surface area contributed by atoms with Crippen LogP contribution in [0, 0.1) is 5.92 Å². The van der Waals surface area contributed by atoms with Crippen molar-refractivity contribution in [2.45, 2.75) is 46.5 Å². The lowest BCUT2D eigenvalue weighted by Gasteiger charge is -2.10. The Morgan fingerprint density at radius 2 is 1.26 bits per heavy atom. The van der Waals surface area contributed by atoms with Crippen molar-refractivity contribution in [3.05, 3.63) is 83.9 Å². The van der Waals surface area contributed by atoms with Crippen LogP contribution in [0.1, 0.15) is 67.2 Å². The molecule has 0 aliphatic carbocycles. The number of esters is 2. The molecule has 5 heteroatoms. The molecule has 0 aliphatic heterocycles. The molecule has 0 saturated carbocycles. The van der Waals surface area contributed by atoms with Crippen LogP contribution in [0.3, 0.4) is 0 Å². The Balaban J connectivity index is 1.54. The maximum Gasteiger partial charge on any atom is 0.343 e. The van der Waals surface area contributed by atoms with Crippen LogP contribution in [0.5, 0.6) is 11.5 Å². The molecule has 0 bridgehead atoms. The predicted octanol–water partition coefficient (Wildman–Crippen LogP) is 7.34. The highest BCUT2D eigenvalue weighted by Crippen LogP contribution is 2.24. The third-order valence-corrected chi connectivity index (χ3v) is 5.82. The Hall–Kier alpha value is -3.60. The monoisotopic (exact) mass is 474 g/mol. The Morgan fingerprint density at radius 1 is 0.714 bits per heavy atom. The minimum atomic E-state index is -0.421. The number of unbranched alkanes of at least 4 members (excludes halogenated alkanes) is 2. The minimum absolute atomic E-state index is 0.310. The average Bonchev–Trinajstić information content (AvgIpc) is 2.90. The van der Waals surface area contributed by atoms with E-state index >= 15 is 0 Å². The van der Waals surface area contributed by atoms with Crippen LogP contribution in [-0.2, 0) is 4.74 Å². The molecule has 0 N–H and O–H groups in total. The maximum absolute atomic E-state index is 12.5. The second-order valence-corrected chi connectivity index (χ2v) is 8.68. The quantitative estimate of drug-likeness (QED) is 0.156. The summed E-state index contributed by atoms with van der Waals surface area (Å²) in [6.45, 7) is 7.38. The van der Waals surface area contributed by atoms with Crippen LogP contribution in [-0.4, -0.2) is 25.2 Å². The normalized spacial score (nSPS) is 11.5. The van der Waals surface area contributed by atoms with Crippen molar-refractivity contribution in [2.75, 3.05) is 13.2 Å². The summed E-state index contributed by atoms with van der Waals surface area (Å²) in [5.41, 5.74) is 2.90. The van der Waals surface area contributed by atoms with E-state index in [-0.39, 0.29) is 5.97 Å². The molecular formula is C30H34O5. The molecular weight excluding hydrogens is 440 g/mol. The van der Waals surface area contributed by atoms with E-state index in [1.54, 1.807) is 48.5 Å². The van der Waals surface area contributed by atoms with E-state index in [1.165, 1.54) is 0 Å². The molecule has 0 aromatic heterocycles. The fraction of sp³-hybridized carbons (Fsp3) is 0.333. The Kier molecular flexibility index (Phi) is 9.91. The van der Waals surface area contributed by atoms with E-state index in [4.69, 9.17) is 14.2 Å². The van der Waals surface area contributed by atoms with Crippen LogP contribution in [0.15, 0.2) is 72.8 Å². The van der Waals surface area contributed by atoms with Gasteiger partial charge in [0.05, 0.1) is 24.3 Å². The molecule has 3 rings (SSSR count). The zero-order valence-electron chi connectivity index (χ0n) is 20.8. The summed E-state index contributed by atoms with van der Waals surface area (Å²) >= 11 is 0. The van der Waals surface area contributed by atoms with E-state index in [0.717, 1.165) is 42.6 Å². The smallest absolute Gasteiger partial charge is 0.343 e. The zero-order chi connectivity index (χ0) is 25.0.